The van der Waals surface area contributed by atoms with E-state index < -0.39 is 17.7 Å². The maximum absolute atomic E-state index is 11.5. The topological polar surface area (TPSA) is 74.2 Å². The molecule has 0 atom stereocenters. The van der Waals surface area contributed by atoms with Crippen LogP contribution in [0.25, 0.3) is 0 Å². The van der Waals surface area contributed by atoms with Crippen LogP contribution in [0.2, 0.25) is 0 Å². The van der Waals surface area contributed by atoms with Crippen molar-refractivity contribution in [1.82, 2.24) is 0 Å². The molecule has 0 aromatic heterocycles. The van der Waals surface area contributed by atoms with Gasteiger partial charge in [0.25, 0.3) is 0 Å². The third kappa shape index (κ3) is 6.07. The van der Waals surface area contributed by atoms with Gasteiger partial charge in [0.05, 0.1) is 7.11 Å². The summed E-state index contributed by atoms with van der Waals surface area (Å²) in [5, 5.41) is 0. The van der Waals surface area contributed by atoms with Crippen LogP contribution in [0.3, 0.4) is 0 Å². The average Bonchev–Trinajstić information content (AvgIpc) is 2.34. The summed E-state index contributed by atoms with van der Waals surface area (Å²) >= 11 is 0. The Morgan fingerprint density at radius 1 is 1.19 bits per heavy atom. The summed E-state index contributed by atoms with van der Waals surface area (Å²) in [5.41, 5.74) is -0.0186. The van der Waals surface area contributed by atoms with Gasteiger partial charge in [-0.2, -0.15) is 4.99 Å². The van der Waals surface area contributed by atoms with Gasteiger partial charge in [-0.1, -0.05) is 0 Å². The van der Waals surface area contributed by atoms with E-state index in [2.05, 4.69) is 4.99 Å². The SMILES string of the molecule is COc1ccc(/C=N/C(=O)OC(C)(C)C)cc1OC(C)=O. The summed E-state index contributed by atoms with van der Waals surface area (Å²) in [6.45, 7) is 6.56. The lowest BCUT2D eigenvalue weighted by molar-refractivity contribution is -0.132. The van der Waals surface area contributed by atoms with E-state index in [9.17, 15) is 9.59 Å². The minimum atomic E-state index is -0.688. The highest BCUT2D eigenvalue weighted by molar-refractivity contribution is 5.89. The van der Waals surface area contributed by atoms with E-state index in [1.54, 1.807) is 39.0 Å². The van der Waals surface area contributed by atoms with Crippen molar-refractivity contribution in [3.63, 3.8) is 0 Å². The van der Waals surface area contributed by atoms with E-state index in [1.165, 1.54) is 20.2 Å². The first-order valence-electron chi connectivity index (χ1n) is 6.35. The molecular weight excluding hydrogens is 274 g/mol. The van der Waals surface area contributed by atoms with Gasteiger partial charge >= 0.3 is 12.1 Å². The molecule has 6 heteroatoms. The molecule has 1 rings (SSSR count). The molecule has 21 heavy (non-hydrogen) atoms. The molecule has 0 N–H and O–H groups in total. The summed E-state index contributed by atoms with van der Waals surface area (Å²) in [5.74, 6) is 0.215. The molecular formula is C15H19NO5. The van der Waals surface area contributed by atoms with Crippen molar-refractivity contribution in [2.45, 2.75) is 33.3 Å². The normalized spacial score (nSPS) is 11.3. The van der Waals surface area contributed by atoms with Crippen molar-refractivity contribution in [3.05, 3.63) is 23.8 Å². The first-order chi connectivity index (χ1) is 9.71. The monoisotopic (exact) mass is 293 g/mol. The number of methoxy groups -OCH3 is 1. The molecule has 0 fully saturated rings. The van der Waals surface area contributed by atoms with Crippen LogP contribution in [0.15, 0.2) is 23.2 Å². The second-order valence-electron chi connectivity index (χ2n) is 5.24. The third-order valence-corrected chi connectivity index (χ3v) is 2.15. The highest BCUT2D eigenvalue weighted by atomic mass is 16.6. The second kappa shape index (κ2) is 6.88. The Balaban J connectivity index is 2.89. The molecule has 114 valence electrons. The first-order valence-corrected chi connectivity index (χ1v) is 6.35. The van der Waals surface area contributed by atoms with E-state index in [0.717, 1.165) is 0 Å². The number of hydrogen-bond acceptors (Lipinski definition) is 5. The van der Waals surface area contributed by atoms with Crippen molar-refractivity contribution < 1.29 is 23.8 Å². The van der Waals surface area contributed by atoms with E-state index in [0.29, 0.717) is 11.3 Å². The number of carbonyl (C=O) groups excluding carboxylic acids is 2. The Labute approximate surface area is 123 Å². The zero-order valence-corrected chi connectivity index (χ0v) is 12.8. The summed E-state index contributed by atoms with van der Waals surface area (Å²) in [4.78, 5) is 26.2. The maximum Gasteiger partial charge on any atom is 0.434 e. The zero-order chi connectivity index (χ0) is 16.0. The number of amides is 1. The molecule has 0 aliphatic rings. The Morgan fingerprint density at radius 2 is 1.86 bits per heavy atom. The fourth-order valence-corrected chi connectivity index (χ4v) is 1.42. The van der Waals surface area contributed by atoms with Gasteiger partial charge in [0, 0.05) is 13.1 Å². The molecule has 0 radical (unpaired) electrons. The standard InChI is InChI=1S/C15H19NO5/c1-10(17)20-13-8-11(6-7-12(13)19-5)9-16-14(18)21-15(2,3)4/h6-9H,1-5H3/b16-9+. The Kier molecular flexibility index (Phi) is 5.46. The second-order valence-corrected chi connectivity index (χ2v) is 5.24. The minimum absolute atomic E-state index is 0.262. The lowest BCUT2D eigenvalue weighted by Gasteiger charge is -2.17. The zero-order valence-electron chi connectivity index (χ0n) is 12.8. The highest BCUT2D eigenvalue weighted by Gasteiger charge is 2.15. The number of esters is 1. The van der Waals surface area contributed by atoms with Crippen molar-refractivity contribution in [2.75, 3.05) is 7.11 Å². The quantitative estimate of drug-likeness (QED) is 0.486. The lowest BCUT2D eigenvalue weighted by atomic mass is 10.2. The molecule has 1 aromatic rings. The number of ether oxygens (including phenoxy) is 3. The minimum Gasteiger partial charge on any atom is -0.493 e. The predicted octanol–water partition coefficient (Wildman–Crippen LogP) is 2.97. The van der Waals surface area contributed by atoms with Gasteiger partial charge in [0.2, 0.25) is 0 Å². The van der Waals surface area contributed by atoms with Gasteiger partial charge in [-0.15, -0.1) is 0 Å². The summed E-state index contributed by atoms with van der Waals surface area (Å²) < 4.78 is 15.2. The Bertz CT molecular complexity index is 558. The maximum atomic E-state index is 11.5. The Morgan fingerprint density at radius 3 is 2.38 bits per heavy atom. The number of hydrogen-bond donors (Lipinski definition) is 0. The summed E-state index contributed by atoms with van der Waals surface area (Å²) in [6.07, 6.45) is 0.646. The van der Waals surface area contributed by atoms with Gasteiger partial charge in [0.1, 0.15) is 5.60 Å². The van der Waals surface area contributed by atoms with Crippen molar-refractivity contribution in [2.24, 2.45) is 4.99 Å². The van der Waals surface area contributed by atoms with E-state index >= 15 is 0 Å². The van der Waals surface area contributed by atoms with Crippen LogP contribution in [0, 0.1) is 0 Å². The molecule has 0 aliphatic heterocycles. The van der Waals surface area contributed by atoms with Crippen LogP contribution < -0.4 is 9.47 Å². The molecule has 0 bridgehead atoms. The van der Waals surface area contributed by atoms with Gasteiger partial charge in [-0.25, -0.2) is 4.79 Å². The number of nitrogens with zero attached hydrogens (tertiary/aromatic N) is 1. The number of aliphatic imine (C=N–C) groups is 1. The number of benzene rings is 1. The van der Waals surface area contributed by atoms with Crippen molar-refractivity contribution >= 4 is 18.3 Å². The predicted molar refractivity (Wildman–Crippen MR) is 78.1 cm³/mol. The van der Waals surface area contributed by atoms with Crippen molar-refractivity contribution in [3.8, 4) is 11.5 Å². The molecule has 0 aliphatic carbocycles. The Hall–Kier alpha value is -2.37. The van der Waals surface area contributed by atoms with Crippen LogP contribution in [-0.4, -0.2) is 31.0 Å². The molecule has 1 aromatic carbocycles. The van der Waals surface area contributed by atoms with Crippen LogP contribution in [0.1, 0.15) is 33.3 Å². The molecule has 0 saturated heterocycles. The third-order valence-electron chi connectivity index (χ3n) is 2.15. The van der Waals surface area contributed by atoms with Gasteiger partial charge < -0.3 is 14.2 Å². The van der Waals surface area contributed by atoms with Crippen LogP contribution >= 0.6 is 0 Å². The van der Waals surface area contributed by atoms with Gasteiger partial charge in [0.15, 0.2) is 11.5 Å². The molecule has 0 saturated carbocycles. The van der Waals surface area contributed by atoms with E-state index in [4.69, 9.17) is 14.2 Å². The van der Waals surface area contributed by atoms with Gasteiger partial charge in [-0.3, -0.25) is 4.79 Å². The highest BCUT2D eigenvalue weighted by Crippen LogP contribution is 2.27. The van der Waals surface area contributed by atoms with E-state index in [-0.39, 0.29) is 5.75 Å². The molecule has 0 spiro atoms. The fourth-order valence-electron chi connectivity index (χ4n) is 1.42. The smallest absolute Gasteiger partial charge is 0.434 e. The first kappa shape index (κ1) is 16.7. The number of carbonyl (C=O) groups is 2. The van der Waals surface area contributed by atoms with Crippen molar-refractivity contribution in [1.29, 1.82) is 0 Å². The van der Waals surface area contributed by atoms with Gasteiger partial charge in [-0.05, 0) is 44.5 Å². The van der Waals surface area contributed by atoms with Crippen LogP contribution in [-0.2, 0) is 9.53 Å². The van der Waals surface area contributed by atoms with Crippen LogP contribution in [0.4, 0.5) is 4.79 Å². The van der Waals surface area contributed by atoms with E-state index in [1.807, 2.05) is 0 Å². The van der Waals surface area contributed by atoms with Crippen LogP contribution in [0.5, 0.6) is 11.5 Å². The number of rotatable bonds is 3. The fraction of sp³-hybridized carbons (Fsp3) is 0.400. The lowest BCUT2D eigenvalue weighted by Crippen LogP contribution is -2.21. The molecule has 0 heterocycles. The summed E-state index contributed by atoms with van der Waals surface area (Å²) in [7, 11) is 1.47. The largest absolute Gasteiger partial charge is 0.493 e. The summed E-state index contributed by atoms with van der Waals surface area (Å²) in [6, 6.07) is 4.85. The molecule has 0 unspecified atom stereocenters. The average molecular weight is 293 g/mol. The molecule has 6 nitrogen and oxygen atoms in total. The molecule has 1 amide bonds.